The van der Waals surface area contributed by atoms with E-state index < -0.39 is 21.3 Å². The fraction of sp³-hybridized carbons (Fsp3) is 0.426. The van der Waals surface area contributed by atoms with Crippen LogP contribution in [0.1, 0.15) is 139 Å². The molecular formula is C54H58Cl2Zr. The van der Waals surface area contributed by atoms with Crippen molar-refractivity contribution in [2.75, 3.05) is 0 Å². The monoisotopic (exact) mass is 866 g/mol. The standard InChI is InChI=1S/C25H25.C18H25.C11H8.2ClH.Zr/c1-14-12-24(3,4)22-8-16-7-17-9-23-19(15(2)13-25(23,5)6)11-21(17)20(16)10-18(14)22;1-12-3-13(2)17(4-12)11-18-8-14-5-15(9-18)7-16(6-14)10-18;1-9-5-4-7-10-6-2-3-8-11(9)10;;;/h8-12H,7H2,1-6H3;4,12,14-16H,5-11H2,1-2H3;1-8H;2*1H;/q;;;;;+2/p-2. The summed E-state index contributed by atoms with van der Waals surface area (Å²) in [5, 5.41) is 2.77. The first kappa shape index (κ1) is 39.9. The van der Waals surface area contributed by atoms with Gasteiger partial charge in [0, 0.05) is 0 Å². The second-order valence-electron chi connectivity index (χ2n) is 20.7. The minimum absolute atomic E-state index is 0. The minimum atomic E-state index is -2.70. The predicted molar refractivity (Wildman–Crippen MR) is 231 cm³/mol. The average molecular weight is 869 g/mol. The van der Waals surface area contributed by atoms with Gasteiger partial charge in [-0.15, -0.1) is 0 Å². The van der Waals surface area contributed by atoms with Crippen molar-refractivity contribution in [2.45, 2.75) is 118 Å². The first-order valence-corrected chi connectivity index (χ1v) is 25.5. The Kier molecular flexibility index (Phi) is 9.60. The molecule has 0 amide bonds. The fourth-order valence-corrected chi connectivity index (χ4v) is 23.2. The van der Waals surface area contributed by atoms with Crippen LogP contribution < -0.4 is 24.8 Å². The molecule has 4 saturated carbocycles. The van der Waals surface area contributed by atoms with Gasteiger partial charge in [-0.3, -0.25) is 0 Å². The van der Waals surface area contributed by atoms with Crippen molar-refractivity contribution in [1.82, 2.24) is 0 Å². The Labute approximate surface area is 362 Å². The topological polar surface area (TPSA) is 0 Å². The van der Waals surface area contributed by atoms with Crippen LogP contribution in [-0.4, -0.2) is 3.71 Å². The summed E-state index contributed by atoms with van der Waals surface area (Å²) in [5.74, 6) is 3.54. The maximum absolute atomic E-state index is 2.89. The second kappa shape index (κ2) is 13.7. The van der Waals surface area contributed by atoms with Gasteiger partial charge in [0.25, 0.3) is 0 Å². The molecule has 8 aliphatic rings. The number of hydrogen-bond acceptors (Lipinski definition) is 0. The third-order valence-electron chi connectivity index (χ3n) is 16.1. The smallest absolute Gasteiger partial charge is 1.00 e. The molecule has 12 rings (SSSR count). The van der Waals surface area contributed by atoms with Gasteiger partial charge in [0.15, 0.2) is 0 Å². The van der Waals surface area contributed by atoms with Crippen LogP contribution in [0, 0.1) is 29.1 Å². The molecule has 0 saturated heterocycles. The zero-order valence-electron chi connectivity index (χ0n) is 35.3. The quantitative estimate of drug-likeness (QED) is 0.168. The van der Waals surface area contributed by atoms with Crippen LogP contribution >= 0.6 is 0 Å². The van der Waals surface area contributed by atoms with Gasteiger partial charge < -0.3 is 24.8 Å². The van der Waals surface area contributed by atoms with Crippen molar-refractivity contribution in [3.8, 4) is 11.1 Å². The van der Waals surface area contributed by atoms with Crippen molar-refractivity contribution in [2.24, 2.45) is 29.1 Å². The third-order valence-corrected chi connectivity index (χ3v) is 24.9. The normalized spacial score (nSPS) is 27.9. The summed E-state index contributed by atoms with van der Waals surface area (Å²) in [6.07, 6.45) is 16.7. The number of rotatable bonds is 5. The van der Waals surface area contributed by atoms with Gasteiger partial charge in [0.05, 0.1) is 0 Å². The third kappa shape index (κ3) is 6.00. The predicted octanol–water partition coefficient (Wildman–Crippen LogP) is 8.06. The summed E-state index contributed by atoms with van der Waals surface area (Å²) in [7, 11) is 0. The largest absolute Gasteiger partial charge is 1.00 e. The number of fused-ring (bicyclic) bond motifs is 6. The van der Waals surface area contributed by atoms with Gasteiger partial charge in [-0.05, 0) is 0 Å². The van der Waals surface area contributed by atoms with Crippen LogP contribution in [0.3, 0.4) is 0 Å². The number of allylic oxidation sites excluding steroid dienone is 8. The van der Waals surface area contributed by atoms with E-state index >= 15 is 0 Å². The van der Waals surface area contributed by atoms with Crippen LogP contribution in [-0.2, 0) is 38.5 Å². The Morgan fingerprint density at radius 1 is 0.702 bits per heavy atom. The Balaban J connectivity index is 0.00000211. The Morgan fingerprint density at radius 2 is 1.32 bits per heavy atom. The molecule has 292 valence electrons. The molecule has 0 heterocycles. The molecule has 4 aromatic carbocycles. The van der Waals surface area contributed by atoms with E-state index in [1.807, 2.05) is 6.56 Å². The molecular weight excluding hydrogens is 811 g/mol. The van der Waals surface area contributed by atoms with Gasteiger partial charge in [0.2, 0.25) is 0 Å². The SMILES string of the molecule is CC1=CC(C)(C)c2cc3c(cc21)-c1cc2c(cc1C3)C(C)(C)[C]([Zr+2](=[CH]c1cccc3ccccc13)[C]1=C(C)C(CC34CC5CC(CC(C5)C3)C4)=CC1C)=C2C.[Cl-].[Cl-]. The van der Waals surface area contributed by atoms with Gasteiger partial charge in [-0.2, -0.15) is 0 Å². The Hall–Kier alpha value is -2.57. The maximum atomic E-state index is 2.89. The van der Waals surface area contributed by atoms with Crippen LogP contribution in [0.2, 0.25) is 0 Å². The summed E-state index contributed by atoms with van der Waals surface area (Å²) in [6, 6.07) is 26.5. The summed E-state index contributed by atoms with van der Waals surface area (Å²) >= 11 is -2.70. The first-order valence-electron chi connectivity index (χ1n) is 21.7. The summed E-state index contributed by atoms with van der Waals surface area (Å²) in [4.78, 5) is 0. The van der Waals surface area contributed by atoms with Gasteiger partial charge in [0.1, 0.15) is 0 Å². The van der Waals surface area contributed by atoms with E-state index in [1.54, 1.807) is 22.3 Å². The van der Waals surface area contributed by atoms with E-state index in [2.05, 4.69) is 138 Å². The summed E-state index contributed by atoms with van der Waals surface area (Å²) in [6.45, 7) is 19.9. The number of benzene rings is 4. The molecule has 0 radical (unpaired) electrons. The molecule has 8 aliphatic carbocycles. The first-order chi connectivity index (χ1) is 26.3. The average Bonchev–Trinajstić information content (AvgIpc) is 3.76. The van der Waals surface area contributed by atoms with E-state index in [0.717, 1.165) is 24.2 Å². The molecule has 0 nitrogen and oxygen atoms in total. The molecule has 0 spiro atoms. The van der Waals surface area contributed by atoms with E-state index in [1.165, 1.54) is 106 Å². The van der Waals surface area contributed by atoms with Gasteiger partial charge >= 0.3 is 340 Å². The van der Waals surface area contributed by atoms with Crippen molar-refractivity contribution in [3.63, 3.8) is 0 Å². The molecule has 1 atom stereocenters. The summed E-state index contributed by atoms with van der Waals surface area (Å²) < 4.78 is 6.54. The van der Waals surface area contributed by atoms with Crippen LogP contribution in [0.25, 0.3) is 33.0 Å². The molecule has 4 fully saturated rings. The van der Waals surface area contributed by atoms with Crippen LogP contribution in [0.15, 0.2) is 96.6 Å². The fourth-order valence-electron chi connectivity index (χ4n) is 14.3. The Morgan fingerprint density at radius 3 is 2.00 bits per heavy atom. The van der Waals surface area contributed by atoms with E-state index in [9.17, 15) is 0 Å². The van der Waals surface area contributed by atoms with E-state index in [4.69, 9.17) is 0 Å². The van der Waals surface area contributed by atoms with E-state index in [0.29, 0.717) is 11.3 Å². The van der Waals surface area contributed by atoms with Crippen molar-refractivity contribution in [1.29, 1.82) is 0 Å². The van der Waals surface area contributed by atoms with Crippen molar-refractivity contribution >= 4 is 25.6 Å². The molecule has 3 heteroatoms. The molecule has 0 N–H and O–H groups in total. The Bertz CT molecular complexity index is 2520. The summed E-state index contributed by atoms with van der Waals surface area (Å²) in [5.41, 5.74) is 20.7. The zero-order chi connectivity index (χ0) is 37.8. The molecule has 1 unspecified atom stereocenters. The van der Waals surface area contributed by atoms with Gasteiger partial charge in [-0.1, -0.05) is 0 Å². The maximum Gasteiger partial charge on any atom is -1.00 e. The number of hydrogen-bond donors (Lipinski definition) is 0. The molecule has 57 heavy (non-hydrogen) atoms. The molecule has 4 bridgehead atoms. The van der Waals surface area contributed by atoms with E-state index in [-0.39, 0.29) is 35.6 Å². The zero-order valence-corrected chi connectivity index (χ0v) is 39.3. The van der Waals surface area contributed by atoms with Gasteiger partial charge in [-0.25, -0.2) is 0 Å². The second-order valence-corrected chi connectivity index (χ2v) is 26.0. The minimum Gasteiger partial charge on any atom is -1.00 e. The molecule has 4 aromatic rings. The van der Waals surface area contributed by atoms with Crippen molar-refractivity contribution in [3.05, 3.63) is 136 Å². The molecule has 0 aliphatic heterocycles. The molecule has 0 aromatic heterocycles. The van der Waals surface area contributed by atoms with Crippen molar-refractivity contribution < 1.29 is 46.1 Å². The van der Waals surface area contributed by atoms with Crippen LogP contribution in [0.5, 0.6) is 0 Å². The number of halogens is 2. The van der Waals surface area contributed by atoms with Crippen LogP contribution in [0.4, 0.5) is 0 Å².